The molecule has 1 aromatic heterocycles. The van der Waals surface area contributed by atoms with Gasteiger partial charge in [0.1, 0.15) is 5.82 Å². The Hall–Kier alpha value is -2.21. The summed E-state index contributed by atoms with van der Waals surface area (Å²) in [5, 5.41) is 15.8. The quantitative estimate of drug-likeness (QED) is 0.854. The lowest BCUT2D eigenvalue weighted by atomic mass is 10.2. The minimum atomic E-state index is -0.318. The Morgan fingerprint density at radius 2 is 2.10 bits per heavy atom. The molecule has 21 heavy (non-hydrogen) atoms. The maximum Gasteiger partial charge on any atom is 0.271 e. The van der Waals surface area contributed by atoms with Gasteiger partial charge in [-0.1, -0.05) is 0 Å². The molecule has 2 N–H and O–H groups in total. The van der Waals surface area contributed by atoms with Gasteiger partial charge in [-0.05, 0) is 50.1 Å². The lowest BCUT2D eigenvalue weighted by Crippen LogP contribution is -2.33. The van der Waals surface area contributed by atoms with Crippen molar-refractivity contribution in [1.29, 1.82) is 0 Å². The zero-order valence-electron chi connectivity index (χ0n) is 11.8. The first kappa shape index (κ1) is 15.2. The van der Waals surface area contributed by atoms with Gasteiger partial charge in [0, 0.05) is 18.8 Å². The minimum Gasteiger partial charge on any atom is -0.396 e. The van der Waals surface area contributed by atoms with Crippen LogP contribution in [0.15, 0.2) is 36.5 Å². The zero-order chi connectivity index (χ0) is 15.2. The van der Waals surface area contributed by atoms with Crippen molar-refractivity contribution in [3.8, 4) is 5.69 Å². The maximum absolute atomic E-state index is 12.9. The number of aliphatic hydroxyl groups is 1. The summed E-state index contributed by atoms with van der Waals surface area (Å²) in [5.41, 5.74) is 0.985. The van der Waals surface area contributed by atoms with Crippen molar-refractivity contribution < 1.29 is 14.3 Å². The second-order valence-electron chi connectivity index (χ2n) is 4.86. The maximum atomic E-state index is 12.9. The first-order valence-corrected chi connectivity index (χ1v) is 6.83. The second kappa shape index (κ2) is 6.99. The molecule has 2 aromatic rings. The summed E-state index contributed by atoms with van der Waals surface area (Å²) in [6.45, 7) is 1.99. The third-order valence-corrected chi connectivity index (χ3v) is 3.09. The Morgan fingerprint density at radius 3 is 2.76 bits per heavy atom. The van der Waals surface area contributed by atoms with Gasteiger partial charge >= 0.3 is 0 Å². The van der Waals surface area contributed by atoms with E-state index in [1.807, 2.05) is 6.92 Å². The largest absolute Gasteiger partial charge is 0.396 e. The Labute approximate surface area is 122 Å². The molecule has 1 heterocycles. The van der Waals surface area contributed by atoms with Crippen molar-refractivity contribution in [1.82, 2.24) is 15.1 Å². The predicted octanol–water partition coefficient (Wildman–Crippen LogP) is 1.90. The number of hydrogen-bond acceptors (Lipinski definition) is 3. The van der Waals surface area contributed by atoms with Gasteiger partial charge in [0.25, 0.3) is 5.91 Å². The van der Waals surface area contributed by atoms with Gasteiger partial charge in [-0.15, -0.1) is 0 Å². The van der Waals surface area contributed by atoms with E-state index >= 15 is 0 Å². The average Bonchev–Trinajstić information content (AvgIpc) is 2.96. The lowest BCUT2D eigenvalue weighted by molar-refractivity contribution is 0.0931. The number of nitrogens with one attached hydrogen (secondary N) is 1. The number of amides is 1. The van der Waals surface area contributed by atoms with Crippen molar-refractivity contribution in [2.45, 2.75) is 25.8 Å². The molecule has 1 aromatic carbocycles. The van der Waals surface area contributed by atoms with Crippen molar-refractivity contribution in [3.05, 3.63) is 48.0 Å². The molecule has 5 nitrogen and oxygen atoms in total. The first-order valence-electron chi connectivity index (χ1n) is 6.83. The van der Waals surface area contributed by atoms with E-state index in [-0.39, 0.29) is 24.4 Å². The molecular formula is C15H18FN3O2. The molecule has 0 aliphatic rings. The van der Waals surface area contributed by atoms with E-state index in [0.29, 0.717) is 24.2 Å². The van der Waals surface area contributed by atoms with Crippen LogP contribution in [-0.2, 0) is 0 Å². The Bertz CT molecular complexity index is 595. The van der Waals surface area contributed by atoms with Gasteiger partial charge in [-0.3, -0.25) is 4.79 Å². The van der Waals surface area contributed by atoms with E-state index in [9.17, 15) is 9.18 Å². The molecule has 1 atom stereocenters. The van der Waals surface area contributed by atoms with E-state index in [1.54, 1.807) is 24.4 Å². The SMILES string of the molecule is CC(CCCO)NC(=O)c1ccn(-c2ccc(F)cc2)n1. The van der Waals surface area contributed by atoms with E-state index in [0.717, 1.165) is 0 Å². The topological polar surface area (TPSA) is 67.2 Å². The van der Waals surface area contributed by atoms with Gasteiger partial charge in [0.05, 0.1) is 5.69 Å². The molecular weight excluding hydrogens is 273 g/mol. The summed E-state index contributed by atoms with van der Waals surface area (Å²) in [6, 6.07) is 7.45. The number of halogens is 1. The number of carbonyl (C=O) groups is 1. The number of carbonyl (C=O) groups excluding carboxylic acids is 1. The third-order valence-electron chi connectivity index (χ3n) is 3.09. The number of benzene rings is 1. The molecule has 0 bridgehead atoms. The normalized spacial score (nSPS) is 12.1. The fourth-order valence-corrected chi connectivity index (χ4v) is 1.95. The van der Waals surface area contributed by atoms with Crippen LogP contribution < -0.4 is 5.32 Å². The van der Waals surface area contributed by atoms with E-state index in [2.05, 4.69) is 10.4 Å². The van der Waals surface area contributed by atoms with Gasteiger partial charge < -0.3 is 10.4 Å². The number of rotatable bonds is 6. The molecule has 0 spiro atoms. The molecule has 0 saturated heterocycles. The van der Waals surface area contributed by atoms with Crippen LogP contribution in [0.5, 0.6) is 0 Å². The average molecular weight is 291 g/mol. The Kier molecular flexibility index (Phi) is 5.05. The number of aliphatic hydroxyl groups excluding tert-OH is 1. The number of hydrogen-bond donors (Lipinski definition) is 2. The monoisotopic (exact) mass is 291 g/mol. The van der Waals surface area contributed by atoms with Crippen LogP contribution in [0.4, 0.5) is 4.39 Å². The summed E-state index contributed by atoms with van der Waals surface area (Å²) in [6.07, 6.45) is 3.01. The van der Waals surface area contributed by atoms with E-state index < -0.39 is 0 Å². The predicted molar refractivity (Wildman–Crippen MR) is 76.8 cm³/mol. The molecule has 0 radical (unpaired) electrons. The van der Waals surface area contributed by atoms with Gasteiger partial charge in [0.2, 0.25) is 0 Å². The number of nitrogens with zero attached hydrogens (tertiary/aromatic N) is 2. The van der Waals surface area contributed by atoms with Crippen molar-refractivity contribution in [2.75, 3.05) is 6.61 Å². The van der Waals surface area contributed by atoms with Crippen molar-refractivity contribution in [2.24, 2.45) is 0 Å². The zero-order valence-corrected chi connectivity index (χ0v) is 11.8. The summed E-state index contributed by atoms with van der Waals surface area (Å²) in [5.74, 6) is -0.581. The van der Waals surface area contributed by atoms with Crippen molar-refractivity contribution in [3.63, 3.8) is 0 Å². The summed E-state index contributed by atoms with van der Waals surface area (Å²) >= 11 is 0. The van der Waals surface area contributed by atoms with E-state index in [4.69, 9.17) is 5.11 Å². The number of aromatic nitrogens is 2. The first-order chi connectivity index (χ1) is 10.1. The highest BCUT2D eigenvalue weighted by Crippen LogP contribution is 2.09. The van der Waals surface area contributed by atoms with E-state index in [1.165, 1.54) is 16.8 Å². The van der Waals surface area contributed by atoms with Gasteiger partial charge in [0.15, 0.2) is 5.69 Å². The van der Waals surface area contributed by atoms with Crippen LogP contribution >= 0.6 is 0 Å². The molecule has 2 rings (SSSR count). The summed E-state index contributed by atoms with van der Waals surface area (Å²) in [4.78, 5) is 12.0. The molecule has 1 amide bonds. The second-order valence-corrected chi connectivity index (χ2v) is 4.86. The summed E-state index contributed by atoms with van der Waals surface area (Å²) in [7, 11) is 0. The lowest BCUT2D eigenvalue weighted by Gasteiger charge is -2.11. The van der Waals surface area contributed by atoms with Gasteiger partial charge in [-0.25, -0.2) is 9.07 Å². The summed E-state index contributed by atoms with van der Waals surface area (Å²) < 4.78 is 14.4. The molecule has 0 aliphatic heterocycles. The van der Waals surface area contributed by atoms with Crippen LogP contribution in [0, 0.1) is 5.82 Å². The van der Waals surface area contributed by atoms with Crippen LogP contribution in [-0.4, -0.2) is 33.4 Å². The fourth-order valence-electron chi connectivity index (χ4n) is 1.95. The van der Waals surface area contributed by atoms with Crippen LogP contribution in [0.25, 0.3) is 5.69 Å². The highest BCUT2D eigenvalue weighted by atomic mass is 19.1. The Balaban J connectivity index is 2.02. The molecule has 112 valence electrons. The third kappa shape index (κ3) is 4.13. The standard InChI is InChI=1S/C15H18FN3O2/c1-11(3-2-10-20)17-15(21)14-8-9-19(18-14)13-6-4-12(16)5-7-13/h4-9,11,20H,2-3,10H2,1H3,(H,17,21). The van der Waals surface area contributed by atoms with Crippen LogP contribution in [0.3, 0.4) is 0 Å². The molecule has 0 aliphatic carbocycles. The molecule has 0 saturated carbocycles. The Morgan fingerprint density at radius 1 is 1.38 bits per heavy atom. The smallest absolute Gasteiger partial charge is 0.271 e. The van der Waals surface area contributed by atoms with Crippen LogP contribution in [0.2, 0.25) is 0 Å². The minimum absolute atomic E-state index is 0.0272. The van der Waals surface area contributed by atoms with Crippen LogP contribution in [0.1, 0.15) is 30.3 Å². The van der Waals surface area contributed by atoms with Crippen molar-refractivity contribution >= 4 is 5.91 Å². The molecule has 1 unspecified atom stereocenters. The highest BCUT2D eigenvalue weighted by Gasteiger charge is 2.12. The highest BCUT2D eigenvalue weighted by molar-refractivity contribution is 5.92. The molecule has 0 fully saturated rings. The van der Waals surface area contributed by atoms with Gasteiger partial charge in [-0.2, -0.15) is 5.10 Å². The molecule has 6 heteroatoms. The fraction of sp³-hybridized carbons (Fsp3) is 0.333.